The number of rotatable bonds is 5. The molecule has 1 aromatic rings. The third-order valence-corrected chi connectivity index (χ3v) is 4.62. The van der Waals surface area contributed by atoms with E-state index in [-0.39, 0.29) is 5.91 Å². The molecule has 2 heterocycles. The van der Waals surface area contributed by atoms with Gasteiger partial charge in [0.2, 0.25) is 5.91 Å². The van der Waals surface area contributed by atoms with E-state index in [4.69, 9.17) is 4.74 Å². The van der Waals surface area contributed by atoms with Gasteiger partial charge in [-0.1, -0.05) is 19.3 Å². The predicted octanol–water partition coefficient (Wildman–Crippen LogP) is 2.04. The first-order valence-corrected chi connectivity index (χ1v) is 8.21. The number of aromatic nitrogens is 2. The van der Waals surface area contributed by atoms with Crippen molar-refractivity contribution in [2.24, 2.45) is 5.92 Å². The van der Waals surface area contributed by atoms with Crippen LogP contribution in [0.25, 0.3) is 0 Å². The molecule has 0 spiro atoms. The van der Waals surface area contributed by atoms with Crippen LogP contribution in [0.3, 0.4) is 0 Å². The summed E-state index contributed by atoms with van der Waals surface area (Å²) in [7, 11) is 0. The molecule has 21 heavy (non-hydrogen) atoms. The quantitative estimate of drug-likeness (QED) is 0.903. The minimum atomic E-state index is 0.200. The lowest BCUT2D eigenvalue weighted by Crippen LogP contribution is -2.30. The zero-order valence-electron chi connectivity index (χ0n) is 12.6. The van der Waals surface area contributed by atoms with E-state index in [0.717, 1.165) is 19.6 Å². The van der Waals surface area contributed by atoms with Crippen LogP contribution in [0.1, 0.15) is 49.8 Å². The summed E-state index contributed by atoms with van der Waals surface area (Å²) in [5, 5.41) is 7.44. The van der Waals surface area contributed by atoms with Crippen molar-refractivity contribution in [3.8, 4) is 0 Å². The highest BCUT2D eigenvalue weighted by Gasteiger charge is 2.17. The van der Waals surface area contributed by atoms with E-state index in [9.17, 15) is 4.79 Å². The van der Waals surface area contributed by atoms with Gasteiger partial charge in [0.15, 0.2) is 0 Å². The first-order chi connectivity index (χ1) is 10.3. The molecule has 5 nitrogen and oxygen atoms in total. The molecule has 0 unspecified atom stereocenters. The molecule has 1 aliphatic heterocycles. The number of ether oxygens (including phenoxy) is 1. The summed E-state index contributed by atoms with van der Waals surface area (Å²) in [5.41, 5.74) is 2.46. The Bertz CT molecular complexity index is 478. The van der Waals surface area contributed by atoms with Crippen molar-refractivity contribution in [2.75, 3.05) is 13.2 Å². The van der Waals surface area contributed by atoms with Crippen LogP contribution >= 0.6 is 0 Å². The van der Waals surface area contributed by atoms with Crippen molar-refractivity contribution in [3.63, 3.8) is 0 Å². The summed E-state index contributed by atoms with van der Waals surface area (Å²) in [6.07, 6.45) is 9.88. The van der Waals surface area contributed by atoms with E-state index < -0.39 is 0 Å². The summed E-state index contributed by atoms with van der Waals surface area (Å²) < 4.78 is 7.43. The van der Waals surface area contributed by atoms with Crippen molar-refractivity contribution >= 4 is 5.91 Å². The standard InChI is InChI=1S/C16H25N3O2/c20-16(10-13-4-2-1-3-5-13)17-7-8-19-15-6-9-21-12-14(15)11-18-19/h11,13H,1-10,12H2,(H,17,20). The van der Waals surface area contributed by atoms with Crippen LogP contribution in [0.15, 0.2) is 6.20 Å². The second kappa shape index (κ2) is 7.07. The van der Waals surface area contributed by atoms with Crippen LogP contribution in [0.4, 0.5) is 0 Å². The van der Waals surface area contributed by atoms with Crippen molar-refractivity contribution in [1.82, 2.24) is 15.1 Å². The Labute approximate surface area is 126 Å². The molecule has 1 aliphatic carbocycles. The Kier molecular flexibility index (Phi) is 4.91. The van der Waals surface area contributed by atoms with E-state index in [1.807, 2.05) is 10.9 Å². The van der Waals surface area contributed by atoms with Crippen LogP contribution in [-0.2, 0) is 29.1 Å². The molecule has 1 amide bonds. The smallest absolute Gasteiger partial charge is 0.220 e. The topological polar surface area (TPSA) is 56.2 Å². The van der Waals surface area contributed by atoms with Crippen LogP contribution in [0, 0.1) is 5.92 Å². The monoisotopic (exact) mass is 291 g/mol. The Morgan fingerprint density at radius 2 is 2.24 bits per heavy atom. The second-order valence-corrected chi connectivity index (χ2v) is 6.20. The lowest BCUT2D eigenvalue weighted by atomic mass is 9.87. The molecule has 1 saturated carbocycles. The third kappa shape index (κ3) is 3.84. The lowest BCUT2D eigenvalue weighted by Gasteiger charge is -2.21. The summed E-state index contributed by atoms with van der Waals surface area (Å²) in [5.74, 6) is 0.805. The molecule has 1 N–H and O–H groups in total. The maximum atomic E-state index is 12.0. The van der Waals surface area contributed by atoms with Gasteiger partial charge < -0.3 is 10.1 Å². The third-order valence-electron chi connectivity index (χ3n) is 4.62. The first kappa shape index (κ1) is 14.6. The minimum absolute atomic E-state index is 0.200. The highest BCUT2D eigenvalue weighted by molar-refractivity contribution is 5.76. The summed E-state index contributed by atoms with van der Waals surface area (Å²) in [4.78, 5) is 12.0. The van der Waals surface area contributed by atoms with Gasteiger partial charge in [-0.15, -0.1) is 0 Å². The molecular weight excluding hydrogens is 266 g/mol. The Hall–Kier alpha value is -1.36. The normalized spacial score (nSPS) is 19.2. The molecule has 0 radical (unpaired) electrons. The Morgan fingerprint density at radius 3 is 3.10 bits per heavy atom. The average molecular weight is 291 g/mol. The molecule has 1 aromatic heterocycles. The zero-order chi connectivity index (χ0) is 14.5. The molecule has 5 heteroatoms. The van der Waals surface area contributed by atoms with E-state index in [0.29, 0.717) is 25.5 Å². The van der Waals surface area contributed by atoms with E-state index >= 15 is 0 Å². The Balaban J connectivity index is 1.41. The molecule has 0 aromatic carbocycles. The lowest BCUT2D eigenvalue weighted by molar-refractivity contribution is -0.122. The number of carbonyl (C=O) groups is 1. The van der Waals surface area contributed by atoms with Crippen molar-refractivity contribution in [1.29, 1.82) is 0 Å². The van der Waals surface area contributed by atoms with Gasteiger partial charge >= 0.3 is 0 Å². The van der Waals surface area contributed by atoms with Gasteiger partial charge in [0.25, 0.3) is 0 Å². The maximum Gasteiger partial charge on any atom is 0.220 e. The number of amides is 1. The fraction of sp³-hybridized carbons (Fsp3) is 0.750. The van der Waals surface area contributed by atoms with Crippen LogP contribution in [0.2, 0.25) is 0 Å². The average Bonchev–Trinajstić information content (AvgIpc) is 2.92. The van der Waals surface area contributed by atoms with Crippen molar-refractivity contribution in [3.05, 3.63) is 17.5 Å². The number of fused-ring (bicyclic) bond motifs is 1. The summed E-state index contributed by atoms with van der Waals surface area (Å²) in [6.45, 7) is 2.86. The number of nitrogens with zero attached hydrogens (tertiary/aromatic N) is 2. The first-order valence-electron chi connectivity index (χ1n) is 8.21. The highest BCUT2D eigenvalue weighted by Crippen LogP contribution is 2.26. The predicted molar refractivity (Wildman–Crippen MR) is 79.8 cm³/mol. The highest BCUT2D eigenvalue weighted by atomic mass is 16.5. The minimum Gasteiger partial charge on any atom is -0.376 e. The molecule has 3 rings (SSSR count). The molecule has 1 fully saturated rings. The number of nitrogens with one attached hydrogen (secondary N) is 1. The van der Waals surface area contributed by atoms with Crippen LogP contribution < -0.4 is 5.32 Å². The molecule has 0 bridgehead atoms. The summed E-state index contributed by atoms with van der Waals surface area (Å²) >= 11 is 0. The van der Waals surface area contributed by atoms with Gasteiger partial charge in [0.1, 0.15) is 0 Å². The molecule has 0 atom stereocenters. The van der Waals surface area contributed by atoms with Crippen LogP contribution in [0.5, 0.6) is 0 Å². The number of hydrogen-bond donors (Lipinski definition) is 1. The SMILES string of the molecule is O=C(CC1CCCCC1)NCCn1ncc2c1CCOC2. The van der Waals surface area contributed by atoms with Crippen molar-refractivity contribution in [2.45, 2.75) is 58.1 Å². The molecular formula is C16H25N3O2. The van der Waals surface area contributed by atoms with Gasteiger partial charge in [-0.2, -0.15) is 5.10 Å². The van der Waals surface area contributed by atoms with E-state index in [1.165, 1.54) is 43.4 Å². The number of carbonyl (C=O) groups excluding carboxylic acids is 1. The van der Waals surface area contributed by atoms with E-state index in [2.05, 4.69) is 10.4 Å². The van der Waals surface area contributed by atoms with Gasteiger partial charge in [-0.25, -0.2) is 0 Å². The molecule has 0 saturated heterocycles. The fourth-order valence-electron chi connectivity index (χ4n) is 3.43. The zero-order valence-corrected chi connectivity index (χ0v) is 12.6. The van der Waals surface area contributed by atoms with Gasteiger partial charge in [-0.05, 0) is 18.8 Å². The van der Waals surface area contributed by atoms with Crippen LogP contribution in [-0.4, -0.2) is 28.8 Å². The second-order valence-electron chi connectivity index (χ2n) is 6.20. The molecule has 116 valence electrons. The van der Waals surface area contributed by atoms with Gasteiger partial charge in [-0.3, -0.25) is 9.48 Å². The Morgan fingerprint density at radius 1 is 1.38 bits per heavy atom. The molecule has 2 aliphatic rings. The van der Waals surface area contributed by atoms with Crippen molar-refractivity contribution < 1.29 is 9.53 Å². The van der Waals surface area contributed by atoms with Gasteiger partial charge in [0, 0.05) is 30.6 Å². The number of hydrogen-bond acceptors (Lipinski definition) is 3. The largest absolute Gasteiger partial charge is 0.376 e. The van der Waals surface area contributed by atoms with Gasteiger partial charge in [0.05, 0.1) is 26.0 Å². The van der Waals surface area contributed by atoms with E-state index in [1.54, 1.807) is 0 Å². The maximum absolute atomic E-state index is 12.0. The summed E-state index contributed by atoms with van der Waals surface area (Å²) in [6, 6.07) is 0. The fourth-order valence-corrected chi connectivity index (χ4v) is 3.43.